The molecule has 1 nitrogen and oxygen atoms in total. The summed E-state index contributed by atoms with van der Waals surface area (Å²) >= 11 is 6.07. The van der Waals surface area contributed by atoms with Crippen molar-refractivity contribution in [3.63, 3.8) is 0 Å². The first-order valence-corrected chi connectivity index (χ1v) is 9.14. The summed E-state index contributed by atoms with van der Waals surface area (Å²) in [5, 5.41) is 2.66. The van der Waals surface area contributed by atoms with Crippen LogP contribution in [0.2, 0.25) is 5.02 Å². The van der Waals surface area contributed by atoms with Crippen molar-refractivity contribution in [1.29, 1.82) is 0 Å². The molecule has 0 unspecified atom stereocenters. The molecule has 0 aliphatic rings. The SMILES string of the molecule is Fc1ccc2c(c1)c1ccccc1n2-c1ccccc1-c1ccc(Cl)cc1. The first-order chi connectivity index (χ1) is 13.2. The van der Waals surface area contributed by atoms with Crippen LogP contribution in [-0.2, 0) is 0 Å². The lowest BCUT2D eigenvalue weighted by atomic mass is 10.0. The molecular formula is C24H15ClFN. The third kappa shape index (κ3) is 2.61. The lowest BCUT2D eigenvalue weighted by molar-refractivity contribution is 0.629. The number of benzene rings is 4. The average molecular weight is 372 g/mol. The molecule has 5 rings (SSSR count). The molecule has 0 atom stereocenters. The van der Waals surface area contributed by atoms with Gasteiger partial charge in [0.05, 0.1) is 16.7 Å². The number of hydrogen-bond donors (Lipinski definition) is 0. The molecule has 1 heterocycles. The van der Waals surface area contributed by atoms with Gasteiger partial charge in [-0.1, -0.05) is 60.1 Å². The first-order valence-electron chi connectivity index (χ1n) is 8.76. The van der Waals surface area contributed by atoms with E-state index in [9.17, 15) is 4.39 Å². The first kappa shape index (κ1) is 16.1. The summed E-state index contributed by atoms with van der Waals surface area (Å²) < 4.78 is 16.1. The summed E-state index contributed by atoms with van der Waals surface area (Å²) in [6, 6.07) is 29.2. The fourth-order valence-corrected chi connectivity index (χ4v) is 3.87. The highest BCUT2D eigenvalue weighted by Gasteiger charge is 2.15. The summed E-state index contributed by atoms with van der Waals surface area (Å²) in [7, 11) is 0. The Kier molecular flexibility index (Phi) is 3.73. The predicted molar refractivity (Wildman–Crippen MR) is 111 cm³/mol. The summed E-state index contributed by atoms with van der Waals surface area (Å²) in [5.74, 6) is -0.226. The second-order valence-electron chi connectivity index (χ2n) is 6.54. The summed E-state index contributed by atoms with van der Waals surface area (Å²) in [6.45, 7) is 0. The Labute approximate surface area is 161 Å². The number of halogens is 2. The van der Waals surface area contributed by atoms with Crippen LogP contribution in [0.25, 0.3) is 38.6 Å². The van der Waals surface area contributed by atoms with Crippen molar-refractivity contribution in [1.82, 2.24) is 4.57 Å². The highest BCUT2D eigenvalue weighted by Crippen LogP contribution is 2.36. The van der Waals surface area contributed by atoms with Crippen LogP contribution in [0, 0.1) is 5.82 Å². The topological polar surface area (TPSA) is 4.93 Å². The van der Waals surface area contributed by atoms with Crippen molar-refractivity contribution in [3.05, 3.63) is 102 Å². The van der Waals surface area contributed by atoms with Gasteiger partial charge in [-0.05, 0) is 48.0 Å². The van der Waals surface area contributed by atoms with E-state index in [2.05, 4.69) is 22.8 Å². The second kappa shape index (κ2) is 6.26. The van der Waals surface area contributed by atoms with Crippen LogP contribution in [0.5, 0.6) is 0 Å². The van der Waals surface area contributed by atoms with Gasteiger partial charge < -0.3 is 4.57 Å². The lowest BCUT2D eigenvalue weighted by Gasteiger charge is -2.14. The van der Waals surface area contributed by atoms with Crippen LogP contribution < -0.4 is 0 Å². The van der Waals surface area contributed by atoms with Crippen LogP contribution in [-0.4, -0.2) is 4.57 Å². The Hall–Kier alpha value is -3.10. The van der Waals surface area contributed by atoms with Crippen LogP contribution in [0.4, 0.5) is 4.39 Å². The molecule has 0 radical (unpaired) electrons. The maximum Gasteiger partial charge on any atom is 0.123 e. The second-order valence-corrected chi connectivity index (χ2v) is 6.97. The minimum absolute atomic E-state index is 0.226. The molecule has 4 aromatic carbocycles. The number of rotatable bonds is 2. The zero-order valence-electron chi connectivity index (χ0n) is 14.4. The smallest absolute Gasteiger partial charge is 0.123 e. The molecule has 0 aliphatic heterocycles. The van der Waals surface area contributed by atoms with Gasteiger partial charge in [-0.3, -0.25) is 0 Å². The molecule has 27 heavy (non-hydrogen) atoms. The molecule has 0 saturated heterocycles. The van der Waals surface area contributed by atoms with Gasteiger partial charge in [0, 0.05) is 21.4 Å². The Morgan fingerprint density at radius 1 is 0.667 bits per heavy atom. The number of nitrogens with zero attached hydrogens (tertiary/aromatic N) is 1. The van der Waals surface area contributed by atoms with Crippen molar-refractivity contribution in [2.24, 2.45) is 0 Å². The fourth-order valence-electron chi connectivity index (χ4n) is 3.75. The molecule has 0 saturated carbocycles. The van der Waals surface area contributed by atoms with Crippen LogP contribution in [0.3, 0.4) is 0 Å². The Morgan fingerprint density at radius 2 is 1.37 bits per heavy atom. The molecule has 3 heteroatoms. The number of fused-ring (bicyclic) bond motifs is 3. The van der Waals surface area contributed by atoms with Gasteiger partial charge in [0.1, 0.15) is 5.82 Å². The highest BCUT2D eigenvalue weighted by molar-refractivity contribution is 6.30. The van der Waals surface area contributed by atoms with Crippen LogP contribution >= 0.6 is 11.6 Å². The van der Waals surface area contributed by atoms with E-state index in [-0.39, 0.29) is 5.82 Å². The minimum atomic E-state index is -0.226. The van der Waals surface area contributed by atoms with Crippen LogP contribution in [0.1, 0.15) is 0 Å². The van der Waals surface area contributed by atoms with E-state index in [1.54, 1.807) is 6.07 Å². The third-order valence-corrected chi connectivity index (χ3v) is 5.19. The molecule has 5 aromatic rings. The molecule has 130 valence electrons. The Balaban J connectivity index is 1.88. The average Bonchev–Trinajstić information content (AvgIpc) is 3.02. The monoisotopic (exact) mass is 371 g/mol. The quantitative estimate of drug-likeness (QED) is 0.308. The van der Waals surface area contributed by atoms with Gasteiger partial charge in [0.2, 0.25) is 0 Å². The molecule has 0 spiro atoms. The molecule has 0 bridgehead atoms. The van der Waals surface area contributed by atoms with E-state index in [1.165, 1.54) is 6.07 Å². The van der Waals surface area contributed by atoms with Gasteiger partial charge in [0.25, 0.3) is 0 Å². The zero-order chi connectivity index (χ0) is 18.4. The third-order valence-electron chi connectivity index (χ3n) is 4.93. The van der Waals surface area contributed by atoms with E-state index >= 15 is 0 Å². The van der Waals surface area contributed by atoms with E-state index < -0.39 is 0 Å². The lowest BCUT2D eigenvalue weighted by Crippen LogP contribution is -1.97. The summed E-state index contributed by atoms with van der Waals surface area (Å²) in [5.41, 5.74) is 5.28. The van der Waals surface area contributed by atoms with Gasteiger partial charge in [-0.25, -0.2) is 4.39 Å². The summed E-state index contributed by atoms with van der Waals surface area (Å²) in [4.78, 5) is 0. The highest BCUT2D eigenvalue weighted by atomic mass is 35.5. The molecular weight excluding hydrogens is 357 g/mol. The van der Waals surface area contributed by atoms with E-state index in [4.69, 9.17) is 11.6 Å². The number of aromatic nitrogens is 1. The largest absolute Gasteiger partial charge is 0.309 e. The fraction of sp³-hybridized carbons (Fsp3) is 0. The van der Waals surface area contributed by atoms with Crippen molar-refractivity contribution in [2.45, 2.75) is 0 Å². The summed E-state index contributed by atoms with van der Waals surface area (Å²) in [6.07, 6.45) is 0. The molecule has 1 aromatic heterocycles. The van der Waals surface area contributed by atoms with E-state index in [0.29, 0.717) is 5.02 Å². The maximum absolute atomic E-state index is 13.9. The van der Waals surface area contributed by atoms with E-state index in [0.717, 1.165) is 38.6 Å². The number of hydrogen-bond acceptors (Lipinski definition) is 0. The van der Waals surface area contributed by atoms with Crippen molar-refractivity contribution < 1.29 is 4.39 Å². The normalized spacial score (nSPS) is 11.3. The zero-order valence-corrected chi connectivity index (χ0v) is 15.1. The minimum Gasteiger partial charge on any atom is -0.309 e. The Morgan fingerprint density at radius 3 is 2.22 bits per heavy atom. The molecule has 0 N–H and O–H groups in total. The standard InChI is InChI=1S/C24H15ClFN/c25-17-11-9-16(10-12-17)19-5-1-3-7-22(19)27-23-8-4-2-6-20(23)21-15-18(26)13-14-24(21)27/h1-15H. The van der Waals surface area contributed by atoms with Gasteiger partial charge in [-0.15, -0.1) is 0 Å². The van der Waals surface area contributed by atoms with Crippen molar-refractivity contribution in [2.75, 3.05) is 0 Å². The van der Waals surface area contributed by atoms with Crippen LogP contribution in [0.15, 0.2) is 91.0 Å². The molecule has 0 fully saturated rings. The van der Waals surface area contributed by atoms with Gasteiger partial charge >= 0.3 is 0 Å². The maximum atomic E-state index is 13.9. The molecule has 0 aliphatic carbocycles. The van der Waals surface area contributed by atoms with Crippen molar-refractivity contribution >= 4 is 33.4 Å². The predicted octanol–water partition coefficient (Wildman–Crippen LogP) is 7.24. The Bertz CT molecular complexity index is 1290. The van der Waals surface area contributed by atoms with Gasteiger partial charge in [-0.2, -0.15) is 0 Å². The van der Waals surface area contributed by atoms with Crippen molar-refractivity contribution in [3.8, 4) is 16.8 Å². The number of para-hydroxylation sites is 2. The molecule has 0 amide bonds. The van der Waals surface area contributed by atoms with Gasteiger partial charge in [0.15, 0.2) is 0 Å². The van der Waals surface area contributed by atoms with E-state index in [1.807, 2.05) is 60.7 Å².